The summed E-state index contributed by atoms with van der Waals surface area (Å²) in [6.07, 6.45) is -5.71. The molecule has 0 amide bonds. The molecule has 0 heterocycles. The maximum absolute atomic E-state index is 11.9. The van der Waals surface area contributed by atoms with E-state index in [-0.39, 0.29) is 0 Å². The van der Waals surface area contributed by atoms with Crippen LogP contribution in [0, 0.1) is 0 Å². The average molecular weight is 196 g/mol. The Hall–Kier alpha value is -0.200. The fourth-order valence-corrected chi connectivity index (χ4v) is 0.931. The molecule has 0 radical (unpaired) electrons. The fraction of sp³-hybridized carbons (Fsp3) is 1.00. The number of rotatable bonds is 2. The van der Waals surface area contributed by atoms with Gasteiger partial charge >= 0.3 is 11.4 Å². The quantitative estimate of drug-likeness (QED) is 0.616. The first-order valence-corrected chi connectivity index (χ1v) is 3.88. The van der Waals surface area contributed by atoms with E-state index in [0.29, 0.717) is 0 Å². The molecule has 0 rings (SSSR count). The average Bonchev–Trinajstić information content (AvgIpc) is 1.83. The van der Waals surface area contributed by atoms with E-state index in [1.54, 1.807) is 0 Å². The molecule has 0 aromatic heterocycles. The van der Waals surface area contributed by atoms with Crippen molar-refractivity contribution in [2.45, 2.75) is 18.4 Å². The topological polar surface area (TPSA) is 17.1 Å². The second kappa shape index (κ2) is 3.04. The van der Waals surface area contributed by atoms with Crippen LogP contribution in [0.25, 0.3) is 0 Å². The van der Waals surface area contributed by atoms with Crippen molar-refractivity contribution in [1.82, 2.24) is 0 Å². The molecule has 0 saturated heterocycles. The van der Waals surface area contributed by atoms with Gasteiger partial charge in [-0.1, -0.05) is 6.92 Å². The molecule has 0 aromatic carbocycles. The Balaban J connectivity index is 4.59. The van der Waals surface area contributed by atoms with Crippen LogP contribution >= 0.6 is 0 Å². The summed E-state index contributed by atoms with van der Waals surface area (Å²) in [7, 11) is -3.17. The van der Waals surface area contributed by atoms with Crippen LogP contribution in [-0.2, 0) is 10.8 Å². The summed E-state index contributed by atoms with van der Waals surface area (Å²) in [4.78, 5) is 0. The molecule has 0 aliphatic rings. The smallest absolute Gasteiger partial charge is 0.253 e. The van der Waals surface area contributed by atoms with Crippen molar-refractivity contribution in [1.29, 1.82) is 0 Å². The molecule has 0 bridgehead atoms. The molecule has 0 N–H and O–H groups in total. The zero-order chi connectivity index (χ0) is 9.28. The first-order valence-electron chi connectivity index (χ1n) is 2.56. The number of hydrogen-bond acceptors (Lipinski definition) is 1. The Morgan fingerprint density at radius 3 is 1.64 bits per heavy atom. The maximum atomic E-state index is 11.9. The van der Waals surface area contributed by atoms with Crippen molar-refractivity contribution < 1.29 is 26.2 Å². The van der Waals surface area contributed by atoms with Gasteiger partial charge in [0.25, 0.3) is 0 Å². The second-order valence-corrected chi connectivity index (χ2v) is 3.43. The monoisotopic (exact) mass is 196 g/mol. The number of hydrogen-bond donors (Lipinski definition) is 0. The van der Waals surface area contributed by atoms with Crippen LogP contribution in [0.2, 0.25) is 0 Å². The maximum Gasteiger partial charge on any atom is 0.466 e. The van der Waals surface area contributed by atoms with Crippen LogP contribution in [0.4, 0.5) is 22.0 Å². The highest BCUT2D eigenvalue weighted by atomic mass is 32.2. The van der Waals surface area contributed by atoms with Gasteiger partial charge in [-0.05, 0) is 0 Å². The number of halogens is 5. The van der Waals surface area contributed by atoms with Gasteiger partial charge in [0.1, 0.15) is 10.8 Å². The van der Waals surface area contributed by atoms with Crippen LogP contribution in [-0.4, -0.2) is 21.4 Å². The molecule has 1 atom stereocenters. The van der Waals surface area contributed by atoms with E-state index in [2.05, 4.69) is 0 Å². The van der Waals surface area contributed by atoms with Crippen molar-refractivity contribution in [3.63, 3.8) is 0 Å². The molecule has 0 aliphatic heterocycles. The third kappa shape index (κ3) is 2.11. The molecule has 68 valence electrons. The van der Waals surface area contributed by atoms with Crippen LogP contribution in [0.5, 0.6) is 0 Å². The fourth-order valence-electron chi connectivity index (χ4n) is 0.310. The number of alkyl halides is 5. The first-order chi connectivity index (χ1) is 4.73. The van der Waals surface area contributed by atoms with Crippen LogP contribution in [0.3, 0.4) is 0 Å². The van der Waals surface area contributed by atoms with Crippen molar-refractivity contribution in [3.05, 3.63) is 0 Å². The minimum Gasteiger partial charge on any atom is -0.253 e. The lowest BCUT2D eigenvalue weighted by Gasteiger charge is -2.17. The van der Waals surface area contributed by atoms with Gasteiger partial charge in [-0.25, -0.2) is 0 Å². The van der Waals surface area contributed by atoms with E-state index < -0.39 is 28.0 Å². The summed E-state index contributed by atoms with van der Waals surface area (Å²) in [6, 6.07) is 0. The minimum atomic E-state index is -5.71. The molecule has 1 unspecified atom stereocenters. The predicted octanol–water partition coefficient (Wildman–Crippen LogP) is 1.91. The summed E-state index contributed by atoms with van der Waals surface area (Å²) >= 11 is 0. The minimum absolute atomic E-state index is 0.716. The summed E-state index contributed by atoms with van der Waals surface area (Å²) < 4.78 is 67.9. The van der Waals surface area contributed by atoms with E-state index in [1.807, 2.05) is 0 Å². The Labute approximate surface area is 62.0 Å². The van der Waals surface area contributed by atoms with Gasteiger partial charge in [0.05, 0.1) is 0 Å². The highest BCUT2D eigenvalue weighted by Gasteiger charge is 2.61. The zero-order valence-corrected chi connectivity index (χ0v) is 6.23. The summed E-state index contributed by atoms with van der Waals surface area (Å²) in [6.45, 7) is 0.996. The Kier molecular flexibility index (Phi) is 2.98. The van der Waals surface area contributed by atoms with Gasteiger partial charge in [-0.2, -0.15) is 22.0 Å². The normalized spacial score (nSPS) is 16.5. The van der Waals surface area contributed by atoms with Crippen LogP contribution < -0.4 is 0 Å². The van der Waals surface area contributed by atoms with Crippen LogP contribution in [0.15, 0.2) is 0 Å². The Morgan fingerprint density at radius 1 is 1.18 bits per heavy atom. The summed E-state index contributed by atoms with van der Waals surface area (Å²) in [5, 5.41) is -5.08. The first kappa shape index (κ1) is 10.8. The Bertz CT molecular complexity index is 162. The molecule has 0 fully saturated rings. The van der Waals surface area contributed by atoms with Gasteiger partial charge in [-0.15, -0.1) is 0 Å². The van der Waals surface area contributed by atoms with Gasteiger partial charge in [0.2, 0.25) is 0 Å². The van der Waals surface area contributed by atoms with Crippen LogP contribution in [0.1, 0.15) is 6.92 Å². The summed E-state index contributed by atoms with van der Waals surface area (Å²) in [5.74, 6) is -0.716. The van der Waals surface area contributed by atoms with E-state index in [4.69, 9.17) is 0 Å². The third-order valence-electron chi connectivity index (χ3n) is 0.878. The molecule has 0 aliphatic carbocycles. The molecule has 11 heavy (non-hydrogen) atoms. The van der Waals surface area contributed by atoms with E-state index in [1.165, 1.54) is 0 Å². The van der Waals surface area contributed by atoms with Crippen molar-refractivity contribution in [2.75, 3.05) is 5.75 Å². The lowest BCUT2D eigenvalue weighted by atomic mass is 10.7. The van der Waals surface area contributed by atoms with Crippen molar-refractivity contribution in [2.24, 2.45) is 0 Å². The standard InChI is InChI=1S/C4H5F5OS/c1-2-11(10)4(8,9)3(5,6)7/h2H2,1H3. The van der Waals surface area contributed by atoms with Crippen molar-refractivity contribution in [3.8, 4) is 0 Å². The molecule has 0 saturated carbocycles. The molecule has 0 spiro atoms. The lowest BCUT2D eigenvalue weighted by molar-refractivity contribution is -0.239. The van der Waals surface area contributed by atoms with Gasteiger partial charge < -0.3 is 0 Å². The van der Waals surface area contributed by atoms with Gasteiger partial charge in [0, 0.05) is 5.75 Å². The predicted molar refractivity (Wildman–Crippen MR) is 29.7 cm³/mol. The summed E-state index contributed by atoms with van der Waals surface area (Å²) in [5.41, 5.74) is 0. The van der Waals surface area contributed by atoms with Gasteiger partial charge in [0.15, 0.2) is 0 Å². The molecule has 0 aromatic rings. The highest BCUT2D eigenvalue weighted by molar-refractivity contribution is 7.86. The zero-order valence-electron chi connectivity index (χ0n) is 5.41. The van der Waals surface area contributed by atoms with E-state index in [9.17, 15) is 26.2 Å². The third-order valence-corrected chi connectivity index (χ3v) is 2.21. The largest absolute Gasteiger partial charge is 0.466 e. The van der Waals surface area contributed by atoms with E-state index >= 15 is 0 Å². The van der Waals surface area contributed by atoms with Crippen molar-refractivity contribution >= 4 is 10.8 Å². The van der Waals surface area contributed by atoms with E-state index in [0.717, 1.165) is 6.92 Å². The molecule has 7 heteroatoms. The van der Waals surface area contributed by atoms with Gasteiger partial charge in [-0.3, -0.25) is 4.21 Å². The molecular formula is C4H5F5OS. The highest BCUT2D eigenvalue weighted by Crippen LogP contribution is 2.37. The molecular weight excluding hydrogens is 191 g/mol. The Morgan fingerprint density at radius 2 is 1.55 bits per heavy atom. The molecule has 1 nitrogen and oxygen atoms in total. The SMILES string of the molecule is CCS(=O)C(F)(F)C(F)(F)F. The second-order valence-electron chi connectivity index (χ2n) is 1.65. The lowest BCUT2D eigenvalue weighted by Crippen LogP contribution is -2.41.